The largest absolute Gasteiger partial charge is 0.463 e. The average Bonchev–Trinajstić information content (AvgIpc) is 2.73. The summed E-state index contributed by atoms with van der Waals surface area (Å²) in [6.45, 7) is 5.81. The Morgan fingerprint density at radius 1 is 0.655 bits per heavy atom. The van der Waals surface area contributed by atoms with E-state index in [4.69, 9.17) is 28.8 Å². The van der Waals surface area contributed by atoms with Gasteiger partial charge in [-0.25, -0.2) is 0 Å². The molecule has 0 aliphatic heterocycles. The highest BCUT2D eigenvalue weighted by Gasteiger charge is 2.02. The topological polar surface area (TPSA) is 83.5 Å². The Morgan fingerprint density at radius 3 is 1.66 bits per heavy atom. The van der Waals surface area contributed by atoms with Crippen molar-refractivity contribution in [2.24, 2.45) is 0 Å². The first-order chi connectivity index (χ1) is 14.2. The third-order valence-corrected chi connectivity index (χ3v) is 4.07. The molecule has 0 atom stereocenters. The van der Waals surface area contributed by atoms with Crippen LogP contribution < -0.4 is 0 Å². The second-order valence-corrected chi connectivity index (χ2v) is 6.73. The zero-order valence-corrected chi connectivity index (χ0v) is 19.1. The van der Waals surface area contributed by atoms with Crippen molar-refractivity contribution in [3.05, 3.63) is 0 Å². The summed E-state index contributed by atoms with van der Waals surface area (Å²) >= 11 is 0. The van der Waals surface area contributed by atoms with Crippen molar-refractivity contribution in [3.63, 3.8) is 0 Å². The smallest absolute Gasteiger partial charge is 0.305 e. The van der Waals surface area contributed by atoms with Crippen molar-refractivity contribution in [1.29, 1.82) is 0 Å². The first kappa shape index (κ1) is 30.5. The maximum atomic E-state index is 11.4. The molecule has 0 heterocycles. The number of ether oxygens (including phenoxy) is 5. The number of unbranched alkanes of at least 4 members (excludes halogenated alkanes) is 8. The van der Waals surface area contributed by atoms with E-state index < -0.39 is 0 Å². The first-order valence-electron chi connectivity index (χ1n) is 11.1. The van der Waals surface area contributed by atoms with Crippen LogP contribution in [0.5, 0.6) is 0 Å². The lowest BCUT2D eigenvalue weighted by Gasteiger charge is -2.05. The van der Waals surface area contributed by atoms with Crippen LogP contribution in [-0.4, -0.2) is 78.2 Å². The van der Waals surface area contributed by atoms with Gasteiger partial charge in [0, 0.05) is 20.6 Å². The molecule has 0 amide bonds. The molecule has 0 aromatic rings. The Kier molecular flexibility index (Phi) is 31.0. The van der Waals surface area contributed by atoms with Crippen molar-refractivity contribution in [1.82, 2.24) is 0 Å². The molecule has 0 rings (SSSR count). The molecule has 0 fully saturated rings. The highest BCUT2D eigenvalue weighted by Crippen LogP contribution is 2.10. The summed E-state index contributed by atoms with van der Waals surface area (Å²) in [4.78, 5) is 11.4. The highest BCUT2D eigenvalue weighted by atomic mass is 16.6. The standard InChI is InChI=1S/C16H32O4.C6H14O3/c1-2-3-4-5-6-7-8-9-10-11-16(18)20-15-14-19-13-12-17;1-7-3-5-9-6-4-8-2/h17H,2-15H2,1H3;3-6H2,1-2H3. The summed E-state index contributed by atoms with van der Waals surface area (Å²) in [7, 11) is 3.30. The van der Waals surface area contributed by atoms with E-state index in [1.54, 1.807) is 14.2 Å². The van der Waals surface area contributed by atoms with Crippen molar-refractivity contribution < 1.29 is 33.6 Å². The van der Waals surface area contributed by atoms with E-state index in [2.05, 4.69) is 6.92 Å². The number of hydrogen-bond donors (Lipinski definition) is 1. The minimum Gasteiger partial charge on any atom is -0.463 e. The monoisotopic (exact) mass is 422 g/mol. The van der Waals surface area contributed by atoms with Gasteiger partial charge >= 0.3 is 5.97 Å². The Bertz CT molecular complexity index is 295. The van der Waals surface area contributed by atoms with E-state index in [1.165, 1.54) is 44.9 Å². The fourth-order valence-electron chi connectivity index (χ4n) is 2.42. The highest BCUT2D eigenvalue weighted by molar-refractivity contribution is 5.69. The lowest BCUT2D eigenvalue weighted by molar-refractivity contribution is -0.145. The normalized spacial score (nSPS) is 10.5. The molecule has 29 heavy (non-hydrogen) atoms. The summed E-state index contributed by atoms with van der Waals surface area (Å²) in [6, 6.07) is 0. The van der Waals surface area contributed by atoms with Gasteiger partial charge in [0.15, 0.2) is 0 Å². The fraction of sp³-hybridized carbons (Fsp3) is 0.955. The zero-order chi connectivity index (χ0) is 21.8. The van der Waals surface area contributed by atoms with Crippen LogP contribution in [0.25, 0.3) is 0 Å². The van der Waals surface area contributed by atoms with Crippen molar-refractivity contribution in [3.8, 4) is 0 Å². The molecular formula is C22H46O7. The molecule has 0 aliphatic carbocycles. The number of carbonyl (C=O) groups excluding carboxylic acids is 1. The molecule has 1 N–H and O–H groups in total. The summed E-state index contributed by atoms with van der Waals surface area (Å²) in [5, 5.41) is 8.49. The number of carbonyl (C=O) groups is 1. The summed E-state index contributed by atoms with van der Waals surface area (Å²) in [6.07, 6.45) is 11.7. The van der Waals surface area contributed by atoms with E-state index in [-0.39, 0.29) is 19.2 Å². The molecule has 0 bridgehead atoms. The van der Waals surface area contributed by atoms with Gasteiger partial charge in [0.1, 0.15) is 6.61 Å². The van der Waals surface area contributed by atoms with Gasteiger partial charge in [-0.3, -0.25) is 4.79 Å². The lowest BCUT2D eigenvalue weighted by atomic mass is 10.1. The van der Waals surface area contributed by atoms with Crippen LogP contribution in [0, 0.1) is 0 Å². The minimum absolute atomic E-state index is 0.00634. The summed E-state index contributed by atoms with van der Waals surface area (Å²) in [5.74, 6) is -0.138. The van der Waals surface area contributed by atoms with Crippen molar-refractivity contribution >= 4 is 5.97 Å². The minimum atomic E-state index is -0.138. The molecule has 7 heteroatoms. The number of methoxy groups -OCH3 is 2. The second kappa shape index (κ2) is 29.5. The maximum absolute atomic E-state index is 11.4. The molecule has 0 spiro atoms. The maximum Gasteiger partial charge on any atom is 0.305 e. The van der Waals surface area contributed by atoms with Crippen LogP contribution in [-0.2, 0) is 28.5 Å². The van der Waals surface area contributed by atoms with Gasteiger partial charge in [-0.1, -0.05) is 58.3 Å². The quantitative estimate of drug-likeness (QED) is 0.223. The van der Waals surface area contributed by atoms with E-state index in [0.29, 0.717) is 46.1 Å². The molecule has 0 saturated heterocycles. The number of rotatable bonds is 21. The van der Waals surface area contributed by atoms with Crippen LogP contribution >= 0.6 is 0 Å². The molecule has 0 aromatic heterocycles. The van der Waals surface area contributed by atoms with Gasteiger partial charge < -0.3 is 28.8 Å². The van der Waals surface area contributed by atoms with Crippen LogP contribution in [0.1, 0.15) is 71.1 Å². The number of aliphatic hydroxyl groups is 1. The molecule has 176 valence electrons. The van der Waals surface area contributed by atoms with Gasteiger partial charge in [-0.15, -0.1) is 0 Å². The number of hydrogen-bond acceptors (Lipinski definition) is 7. The third-order valence-electron chi connectivity index (χ3n) is 4.07. The van der Waals surface area contributed by atoms with Crippen LogP contribution in [0.2, 0.25) is 0 Å². The molecule has 0 radical (unpaired) electrons. The Hall–Kier alpha value is -0.730. The van der Waals surface area contributed by atoms with E-state index >= 15 is 0 Å². The summed E-state index contributed by atoms with van der Waals surface area (Å²) < 4.78 is 24.6. The Balaban J connectivity index is 0. The number of esters is 1. The predicted octanol–water partition coefficient (Wildman–Crippen LogP) is 3.76. The van der Waals surface area contributed by atoms with Gasteiger partial charge in [0.2, 0.25) is 0 Å². The summed E-state index contributed by atoms with van der Waals surface area (Å²) in [5.41, 5.74) is 0. The molecule has 0 aromatic carbocycles. The van der Waals surface area contributed by atoms with Crippen molar-refractivity contribution in [2.45, 2.75) is 71.1 Å². The van der Waals surface area contributed by atoms with Gasteiger partial charge in [0.05, 0.1) is 46.2 Å². The first-order valence-corrected chi connectivity index (χ1v) is 11.1. The molecule has 0 unspecified atom stereocenters. The van der Waals surface area contributed by atoms with Crippen molar-refractivity contribution in [2.75, 3.05) is 67.1 Å². The average molecular weight is 423 g/mol. The van der Waals surface area contributed by atoms with Gasteiger partial charge in [-0.05, 0) is 6.42 Å². The molecule has 7 nitrogen and oxygen atoms in total. The van der Waals surface area contributed by atoms with Crippen LogP contribution in [0.15, 0.2) is 0 Å². The van der Waals surface area contributed by atoms with Crippen LogP contribution in [0.4, 0.5) is 0 Å². The third kappa shape index (κ3) is 32.2. The Morgan fingerprint density at radius 2 is 1.14 bits per heavy atom. The second-order valence-electron chi connectivity index (χ2n) is 6.73. The fourth-order valence-corrected chi connectivity index (χ4v) is 2.42. The lowest BCUT2D eigenvalue weighted by Crippen LogP contribution is -2.11. The van der Waals surface area contributed by atoms with E-state index in [9.17, 15) is 4.79 Å². The molecule has 0 saturated carbocycles. The SMILES string of the molecule is CCCCCCCCCCCC(=O)OCCOCCO.COCCOCCOC. The number of aliphatic hydroxyl groups excluding tert-OH is 1. The zero-order valence-electron chi connectivity index (χ0n) is 19.1. The van der Waals surface area contributed by atoms with E-state index in [1.807, 2.05) is 0 Å². The predicted molar refractivity (Wildman–Crippen MR) is 115 cm³/mol. The Labute approximate surface area is 178 Å². The van der Waals surface area contributed by atoms with Crippen LogP contribution in [0.3, 0.4) is 0 Å². The molecule has 0 aliphatic rings. The molecular weight excluding hydrogens is 376 g/mol. The van der Waals surface area contributed by atoms with Gasteiger partial charge in [-0.2, -0.15) is 0 Å². The van der Waals surface area contributed by atoms with E-state index in [0.717, 1.165) is 12.8 Å². The van der Waals surface area contributed by atoms with Gasteiger partial charge in [0.25, 0.3) is 0 Å².